The average molecular weight is 295 g/mol. The van der Waals surface area contributed by atoms with Crippen molar-refractivity contribution in [3.05, 3.63) is 52.9 Å². The van der Waals surface area contributed by atoms with Gasteiger partial charge >= 0.3 is 0 Å². The van der Waals surface area contributed by atoms with E-state index in [1.54, 1.807) is 18.0 Å². The first-order valence-corrected chi connectivity index (χ1v) is 6.76. The van der Waals surface area contributed by atoms with Crippen molar-refractivity contribution in [3.8, 4) is 0 Å². The molecular formula is C15H19F2N3O. The van der Waals surface area contributed by atoms with Gasteiger partial charge in [0.2, 0.25) is 0 Å². The molecule has 21 heavy (non-hydrogen) atoms. The van der Waals surface area contributed by atoms with Gasteiger partial charge in [-0.1, -0.05) is 0 Å². The van der Waals surface area contributed by atoms with Gasteiger partial charge in [0.15, 0.2) is 0 Å². The van der Waals surface area contributed by atoms with Gasteiger partial charge in [0, 0.05) is 37.5 Å². The molecule has 1 heterocycles. The molecule has 4 nitrogen and oxygen atoms in total. The highest BCUT2D eigenvalue weighted by Crippen LogP contribution is 2.13. The van der Waals surface area contributed by atoms with Crippen molar-refractivity contribution in [3.63, 3.8) is 0 Å². The zero-order chi connectivity index (χ0) is 15.2. The first-order chi connectivity index (χ1) is 10.1. The van der Waals surface area contributed by atoms with Crippen molar-refractivity contribution in [2.24, 2.45) is 0 Å². The van der Waals surface area contributed by atoms with Crippen LogP contribution < -0.4 is 5.32 Å². The Morgan fingerprint density at radius 1 is 1.24 bits per heavy atom. The lowest BCUT2D eigenvalue weighted by Gasteiger charge is -2.07. The molecule has 1 aromatic heterocycles. The molecule has 0 bridgehead atoms. The van der Waals surface area contributed by atoms with E-state index in [-0.39, 0.29) is 0 Å². The van der Waals surface area contributed by atoms with Gasteiger partial charge in [-0.25, -0.2) is 8.78 Å². The molecule has 0 saturated carbocycles. The molecule has 6 heteroatoms. The molecule has 2 aromatic rings. The van der Waals surface area contributed by atoms with E-state index in [1.165, 1.54) is 12.1 Å². The van der Waals surface area contributed by atoms with E-state index in [0.29, 0.717) is 25.3 Å². The van der Waals surface area contributed by atoms with Crippen LogP contribution in [0.4, 0.5) is 8.78 Å². The molecule has 0 radical (unpaired) electrons. The summed E-state index contributed by atoms with van der Waals surface area (Å²) in [5.74, 6) is -1.15. The molecule has 1 N–H and O–H groups in total. The van der Waals surface area contributed by atoms with Crippen LogP contribution in [0, 0.1) is 18.6 Å². The average Bonchev–Trinajstić information content (AvgIpc) is 2.75. The lowest BCUT2D eigenvalue weighted by molar-refractivity contribution is 0.199. The third-order valence-corrected chi connectivity index (χ3v) is 3.26. The van der Waals surface area contributed by atoms with E-state index in [0.717, 1.165) is 23.9 Å². The quantitative estimate of drug-likeness (QED) is 0.796. The van der Waals surface area contributed by atoms with Gasteiger partial charge in [-0.05, 0) is 24.6 Å². The Balaban J connectivity index is 2.02. The maximum Gasteiger partial charge on any atom is 0.126 e. The Kier molecular flexibility index (Phi) is 5.41. The van der Waals surface area contributed by atoms with Crippen LogP contribution in [0.3, 0.4) is 0 Å². The molecule has 0 fully saturated rings. The van der Waals surface area contributed by atoms with Gasteiger partial charge in [-0.15, -0.1) is 0 Å². The summed E-state index contributed by atoms with van der Waals surface area (Å²) < 4.78 is 33.1. The van der Waals surface area contributed by atoms with Crippen molar-refractivity contribution >= 4 is 0 Å². The molecule has 0 aliphatic rings. The number of nitrogens with zero attached hydrogens (tertiary/aromatic N) is 2. The van der Waals surface area contributed by atoms with Crippen LogP contribution in [0.25, 0.3) is 0 Å². The number of methoxy groups -OCH3 is 1. The van der Waals surface area contributed by atoms with Crippen molar-refractivity contribution in [1.82, 2.24) is 15.1 Å². The topological polar surface area (TPSA) is 39.1 Å². The van der Waals surface area contributed by atoms with Crippen molar-refractivity contribution in [2.45, 2.75) is 20.0 Å². The summed E-state index contributed by atoms with van der Waals surface area (Å²) in [7, 11) is 1.66. The molecule has 0 unspecified atom stereocenters. The van der Waals surface area contributed by atoms with Crippen LogP contribution in [-0.2, 0) is 17.8 Å². The fraction of sp³-hybridized carbons (Fsp3) is 0.400. The number of hydrogen-bond acceptors (Lipinski definition) is 3. The lowest BCUT2D eigenvalue weighted by atomic mass is 10.2. The maximum atomic E-state index is 13.2. The Labute approximate surface area is 122 Å². The molecule has 0 saturated heterocycles. The summed E-state index contributed by atoms with van der Waals surface area (Å²) in [6.45, 7) is 4.38. The normalized spacial score (nSPS) is 11.0. The van der Waals surface area contributed by atoms with Crippen molar-refractivity contribution in [1.29, 1.82) is 0 Å². The Hall–Kier alpha value is -1.79. The molecule has 0 aliphatic carbocycles. The summed E-state index contributed by atoms with van der Waals surface area (Å²) >= 11 is 0. The Bertz CT molecular complexity index is 578. The largest absolute Gasteiger partial charge is 0.383 e. The second-order valence-corrected chi connectivity index (χ2v) is 4.86. The van der Waals surface area contributed by atoms with Gasteiger partial charge < -0.3 is 10.1 Å². The molecule has 0 amide bonds. The van der Waals surface area contributed by atoms with Gasteiger partial charge in [0.05, 0.1) is 19.3 Å². The number of rotatable bonds is 7. The number of halogens is 2. The molecular weight excluding hydrogens is 276 g/mol. The minimum atomic E-state index is -0.573. The SMILES string of the molecule is COCCNCc1cnn(Cc2cc(F)cc(F)c2)c1C. The second kappa shape index (κ2) is 7.28. The van der Waals surface area contributed by atoms with Crippen LogP contribution in [0.1, 0.15) is 16.8 Å². The van der Waals surface area contributed by atoms with E-state index < -0.39 is 11.6 Å². The fourth-order valence-corrected chi connectivity index (χ4v) is 2.09. The molecule has 0 aliphatic heterocycles. The summed E-state index contributed by atoms with van der Waals surface area (Å²) in [6.07, 6.45) is 1.77. The van der Waals surface area contributed by atoms with Crippen LogP contribution in [0.2, 0.25) is 0 Å². The summed E-state index contributed by atoms with van der Waals surface area (Å²) in [5.41, 5.74) is 2.59. The molecule has 0 spiro atoms. The summed E-state index contributed by atoms with van der Waals surface area (Å²) in [4.78, 5) is 0. The summed E-state index contributed by atoms with van der Waals surface area (Å²) in [5, 5.41) is 7.51. The number of benzene rings is 1. The maximum absolute atomic E-state index is 13.2. The highest BCUT2D eigenvalue weighted by atomic mass is 19.1. The molecule has 1 aromatic carbocycles. The van der Waals surface area contributed by atoms with Crippen LogP contribution in [0.15, 0.2) is 24.4 Å². The first kappa shape index (κ1) is 15.6. The van der Waals surface area contributed by atoms with E-state index in [9.17, 15) is 8.78 Å². The van der Waals surface area contributed by atoms with Gasteiger partial charge in [-0.2, -0.15) is 5.10 Å². The summed E-state index contributed by atoms with van der Waals surface area (Å²) in [6, 6.07) is 3.51. The van der Waals surface area contributed by atoms with Crippen LogP contribution in [-0.4, -0.2) is 30.0 Å². The van der Waals surface area contributed by atoms with Crippen molar-refractivity contribution < 1.29 is 13.5 Å². The van der Waals surface area contributed by atoms with Crippen LogP contribution in [0.5, 0.6) is 0 Å². The van der Waals surface area contributed by atoms with Gasteiger partial charge in [0.1, 0.15) is 11.6 Å². The second-order valence-electron chi connectivity index (χ2n) is 4.86. The van der Waals surface area contributed by atoms with E-state index >= 15 is 0 Å². The molecule has 114 valence electrons. The number of nitrogens with one attached hydrogen (secondary N) is 1. The van der Waals surface area contributed by atoms with E-state index in [2.05, 4.69) is 10.4 Å². The lowest BCUT2D eigenvalue weighted by Crippen LogP contribution is -2.19. The Morgan fingerprint density at radius 3 is 2.62 bits per heavy atom. The first-order valence-electron chi connectivity index (χ1n) is 6.76. The third kappa shape index (κ3) is 4.34. The molecule has 2 rings (SSSR count). The van der Waals surface area contributed by atoms with Crippen LogP contribution >= 0.6 is 0 Å². The number of ether oxygens (including phenoxy) is 1. The minimum absolute atomic E-state index is 0.346. The van der Waals surface area contributed by atoms with Gasteiger partial charge in [-0.3, -0.25) is 4.68 Å². The standard InChI is InChI=1S/C15H19F2N3O/c1-11-13(8-18-3-4-21-2)9-19-20(11)10-12-5-14(16)7-15(17)6-12/h5-7,9,18H,3-4,8,10H2,1-2H3. The highest BCUT2D eigenvalue weighted by Gasteiger charge is 2.08. The zero-order valence-corrected chi connectivity index (χ0v) is 12.2. The van der Waals surface area contributed by atoms with E-state index in [1.807, 2.05) is 6.92 Å². The predicted octanol–water partition coefficient (Wildman–Crippen LogP) is 2.25. The van der Waals surface area contributed by atoms with Gasteiger partial charge in [0.25, 0.3) is 0 Å². The third-order valence-electron chi connectivity index (χ3n) is 3.26. The van der Waals surface area contributed by atoms with Crippen molar-refractivity contribution in [2.75, 3.05) is 20.3 Å². The zero-order valence-electron chi connectivity index (χ0n) is 12.2. The number of hydrogen-bond donors (Lipinski definition) is 1. The predicted molar refractivity (Wildman–Crippen MR) is 76.0 cm³/mol. The molecule has 0 atom stereocenters. The van der Waals surface area contributed by atoms with E-state index in [4.69, 9.17) is 4.74 Å². The monoisotopic (exact) mass is 295 g/mol. The smallest absolute Gasteiger partial charge is 0.126 e. The fourth-order valence-electron chi connectivity index (χ4n) is 2.09. The minimum Gasteiger partial charge on any atom is -0.383 e. The Morgan fingerprint density at radius 2 is 1.95 bits per heavy atom. The highest BCUT2D eigenvalue weighted by molar-refractivity contribution is 5.21. The number of aromatic nitrogens is 2.